The van der Waals surface area contributed by atoms with E-state index in [9.17, 15) is 19.2 Å². The van der Waals surface area contributed by atoms with Crippen molar-refractivity contribution in [1.29, 1.82) is 0 Å². The first kappa shape index (κ1) is 33.7. The van der Waals surface area contributed by atoms with Gasteiger partial charge >= 0.3 is 12.1 Å². The second kappa shape index (κ2) is 16.0. The highest BCUT2D eigenvalue weighted by Gasteiger charge is 2.27. The molecule has 14 heteroatoms. The van der Waals surface area contributed by atoms with Crippen molar-refractivity contribution in [2.24, 2.45) is 22.5 Å². The largest absolute Gasteiger partial charge is 0.444 e. The summed E-state index contributed by atoms with van der Waals surface area (Å²) in [5.41, 5.74) is 20.6. The Labute approximate surface area is 234 Å². The van der Waals surface area contributed by atoms with Gasteiger partial charge in [0.1, 0.15) is 11.6 Å². The summed E-state index contributed by atoms with van der Waals surface area (Å²) < 4.78 is 5.28. The van der Waals surface area contributed by atoms with Crippen LogP contribution < -0.4 is 32.7 Å². The van der Waals surface area contributed by atoms with Crippen LogP contribution in [0.3, 0.4) is 0 Å². The highest BCUT2D eigenvalue weighted by molar-refractivity contribution is 5.99. The lowest BCUT2D eigenvalue weighted by molar-refractivity contribution is -0.127. The van der Waals surface area contributed by atoms with Crippen molar-refractivity contribution in [3.8, 4) is 0 Å². The summed E-state index contributed by atoms with van der Waals surface area (Å²) in [6.07, 6.45) is -0.109. The monoisotopic (exact) mass is 559 g/mol. The Balaban J connectivity index is 2.97. The van der Waals surface area contributed by atoms with Crippen LogP contribution in [0.4, 0.5) is 15.3 Å². The maximum atomic E-state index is 13.1. The summed E-state index contributed by atoms with van der Waals surface area (Å²) in [6.45, 7) is 12.8. The average molecular weight is 560 g/mol. The summed E-state index contributed by atoms with van der Waals surface area (Å²) in [6, 6.07) is 3.60. The first-order chi connectivity index (χ1) is 18.6. The molecule has 0 fully saturated rings. The second-order valence-electron chi connectivity index (χ2n) is 10.6. The fraction of sp³-hybridized carbons (Fsp3) is 0.538. The lowest BCUT2D eigenvalue weighted by Crippen LogP contribution is -2.52. The fourth-order valence-electron chi connectivity index (χ4n) is 3.38. The Bertz CT molecular complexity index is 1090. The van der Waals surface area contributed by atoms with Crippen LogP contribution in [-0.2, 0) is 20.7 Å². The lowest BCUT2D eigenvalue weighted by Gasteiger charge is -2.24. The van der Waals surface area contributed by atoms with E-state index in [1.165, 1.54) is 0 Å². The van der Waals surface area contributed by atoms with Gasteiger partial charge in [0.05, 0.1) is 6.04 Å². The molecule has 0 saturated heterocycles. The molecule has 1 rings (SSSR count). The molecule has 0 aliphatic heterocycles. The van der Waals surface area contributed by atoms with E-state index in [0.29, 0.717) is 17.7 Å². The number of carbonyl (C=O) groups excluding carboxylic acids is 4. The van der Waals surface area contributed by atoms with Crippen molar-refractivity contribution >= 4 is 29.6 Å². The van der Waals surface area contributed by atoms with E-state index in [0.717, 1.165) is 5.56 Å². The second-order valence-corrected chi connectivity index (χ2v) is 10.6. The number of alkyl carbamates (subject to hydrolysis) is 1. The number of rotatable bonds is 14. The Kier molecular flexibility index (Phi) is 13.5. The van der Waals surface area contributed by atoms with Crippen LogP contribution in [-0.4, -0.2) is 60.8 Å². The number of ether oxygens (including phenoxy) is 1. The Morgan fingerprint density at radius 1 is 1.10 bits per heavy atom. The van der Waals surface area contributed by atoms with Gasteiger partial charge in [0.15, 0.2) is 0 Å². The molecule has 0 unspecified atom stereocenters. The molecular weight excluding hydrogens is 518 g/mol. The van der Waals surface area contributed by atoms with Gasteiger partial charge in [-0.1, -0.05) is 37.7 Å². The van der Waals surface area contributed by atoms with Crippen molar-refractivity contribution in [1.82, 2.24) is 16.0 Å². The molecule has 14 nitrogen and oxygen atoms in total. The van der Waals surface area contributed by atoms with Gasteiger partial charge in [0.25, 0.3) is 5.91 Å². The number of hydrogen-bond acceptors (Lipinski definition) is 7. The van der Waals surface area contributed by atoms with Crippen LogP contribution in [0.1, 0.15) is 46.6 Å². The summed E-state index contributed by atoms with van der Waals surface area (Å²) in [5.74, 6) is -1.22. The number of nitrogens with two attached hydrogens (primary N) is 2. The first-order valence-corrected chi connectivity index (χ1v) is 12.8. The SMILES string of the molecule is C=C(CCNC(N)=O)[C@H](NC(=O)[C@@H](N)C(C)C)C(=O)Nc1ccc(C[C@@H](CN=[N+]=[N-])NC(=O)OC(C)(C)C)cc1. The molecule has 0 spiro atoms. The third-order valence-corrected chi connectivity index (χ3v) is 5.51. The molecule has 0 aliphatic carbocycles. The van der Waals surface area contributed by atoms with E-state index in [1.54, 1.807) is 58.9 Å². The molecule has 0 saturated carbocycles. The van der Waals surface area contributed by atoms with E-state index in [2.05, 4.69) is 37.9 Å². The third-order valence-electron chi connectivity index (χ3n) is 5.51. The van der Waals surface area contributed by atoms with Crippen molar-refractivity contribution in [3.63, 3.8) is 0 Å². The summed E-state index contributed by atoms with van der Waals surface area (Å²) in [7, 11) is 0. The van der Waals surface area contributed by atoms with Gasteiger partial charge in [-0.2, -0.15) is 0 Å². The molecule has 3 atom stereocenters. The van der Waals surface area contributed by atoms with Crippen molar-refractivity contribution in [3.05, 3.63) is 52.4 Å². The number of carbonyl (C=O) groups is 4. The third kappa shape index (κ3) is 13.0. The van der Waals surface area contributed by atoms with Crippen molar-refractivity contribution in [2.75, 3.05) is 18.4 Å². The number of nitrogens with zero attached hydrogens (tertiary/aromatic N) is 3. The highest BCUT2D eigenvalue weighted by Crippen LogP contribution is 2.15. The van der Waals surface area contributed by atoms with Gasteiger partial charge in [-0.15, -0.1) is 0 Å². The van der Waals surface area contributed by atoms with Gasteiger partial charge in [-0.25, -0.2) is 9.59 Å². The Morgan fingerprint density at radius 3 is 2.25 bits per heavy atom. The number of nitrogens with one attached hydrogen (secondary N) is 4. The average Bonchev–Trinajstić information content (AvgIpc) is 2.84. The molecule has 1 aromatic carbocycles. The van der Waals surface area contributed by atoms with E-state index in [-0.39, 0.29) is 25.4 Å². The predicted molar refractivity (Wildman–Crippen MR) is 152 cm³/mol. The number of urea groups is 1. The molecule has 0 radical (unpaired) electrons. The maximum absolute atomic E-state index is 13.1. The zero-order valence-corrected chi connectivity index (χ0v) is 23.7. The van der Waals surface area contributed by atoms with Gasteiger partial charge in [-0.05, 0) is 68.3 Å². The molecule has 1 aromatic rings. The van der Waals surface area contributed by atoms with Crippen LogP contribution in [0.25, 0.3) is 10.4 Å². The molecule has 0 heterocycles. The van der Waals surface area contributed by atoms with E-state index in [1.807, 2.05) is 0 Å². The molecule has 0 aromatic heterocycles. The van der Waals surface area contributed by atoms with Crippen molar-refractivity contribution in [2.45, 2.75) is 71.2 Å². The van der Waals surface area contributed by atoms with E-state index < -0.39 is 47.7 Å². The Morgan fingerprint density at radius 2 is 1.73 bits per heavy atom. The molecule has 40 heavy (non-hydrogen) atoms. The molecule has 0 aliphatic rings. The summed E-state index contributed by atoms with van der Waals surface area (Å²) >= 11 is 0. The minimum absolute atomic E-state index is 0.0147. The normalized spacial score (nSPS) is 13.2. The summed E-state index contributed by atoms with van der Waals surface area (Å²) in [4.78, 5) is 51.7. The molecule has 0 bridgehead atoms. The number of primary amides is 1. The molecule has 8 N–H and O–H groups in total. The standard InChI is InChI=1S/C26H41N9O5/c1-15(2)20(27)22(36)34-21(16(3)11-12-30-24(28)38)23(37)32-18-9-7-17(8-10-18)13-19(14-31-35-29)33-25(39)40-26(4,5)6/h7-10,15,19-21H,3,11-14,27H2,1-2,4-6H3,(H,32,37)(H,33,39)(H,34,36)(H3,28,30,38)/t19-,20-,21-/m0/s1. The van der Waals surface area contributed by atoms with Gasteiger partial charge < -0.3 is 37.5 Å². The smallest absolute Gasteiger partial charge is 0.407 e. The van der Waals surface area contributed by atoms with E-state index >= 15 is 0 Å². The molecule has 5 amide bonds. The minimum Gasteiger partial charge on any atom is -0.444 e. The number of hydrogen-bond donors (Lipinski definition) is 6. The topological polar surface area (TPSA) is 226 Å². The predicted octanol–water partition coefficient (Wildman–Crippen LogP) is 2.45. The lowest BCUT2D eigenvalue weighted by atomic mass is 10.0. The summed E-state index contributed by atoms with van der Waals surface area (Å²) in [5, 5.41) is 14.1. The van der Waals surface area contributed by atoms with Crippen LogP contribution in [0.15, 0.2) is 41.5 Å². The van der Waals surface area contributed by atoms with Crippen LogP contribution in [0, 0.1) is 5.92 Å². The number of anilines is 1. The number of benzene rings is 1. The van der Waals surface area contributed by atoms with Gasteiger partial charge in [0.2, 0.25) is 5.91 Å². The van der Waals surface area contributed by atoms with Gasteiger partial charge in [0, 0.05) is 29.7 Å². The number of amides is 5. The van der Waals surface area contributed by atoms with Crippen LogP contribution in [0.5, 0.6) is 0 Å². The van der Waals surface area contributed by atoms with Crippen LogP contribution in [0.2, 0.25) is 0 Å². The highest BCUT2D eigenvalue weighted by atomic mass is 16.6. The Hall–Kier alpha value is -4.29. The quantitative estimate of drug-likeness (QED) is 0.0867. The maximum Gasteiger partial charge on any atom is 0.407 e. The van der Waals surface area contributed by atoms with Gasteiger partial charge in [-0.3, -0.25) is 9.59 Å². The van der Waals surface area contributed by atoms with Crippen LogP contribution >= 0.6 is 0 Å². The molecule has 220 valence electrons. The van der Waals surface area contributed by atoms with E-state index in [4.69, 9.17) is 21.7 Å². The fourth-order valence-corrected chi connectivity index (χ4v) is 3.38. The zero-order valence-electron chi connectivity index (χ0n) is 23.7. The van der Waals surface area contributed by atoms with Crippen molar-refractivity contribution < 1.29 is 23.9 Å². The first-order valence-electron chi connectivity index (χ1n) is 12.8. The number of azide groups is 1. The minimum atomic E-state index is -1.11. The zero-order chi connectivity index (χ0) is 30.5. The molecular formula is C26H41N9O5.